The van der Waals surface area contributed by atoms with E-state index in [9.17, 15) is 0 Å². The lowest BCUT2D eigenvalue weighted by atomic mass is 9.99. The van der Waals surface area contributed by atoms with Gasteiger partial charge in [0.2, 0.25) is 0 Å². The van der Waals surface area contributed by atoms with Crippen LogP contribution in [0.15, 0.2) is 48.7 Å². The molecule has 5 nitrogen and oxygen atoms in total. The topological polar surface area (TPSA) is 53.5 Å². The fourth-order valence-corrected chi connectivity index (χ4v) is 3.98. The molecule has 0 amide bonds. The quantitative estimate of drug-likeness (QED) is 0.366. The molecule has 0 fully saturated rings. The molecule has 0 saturated heterocycles. The molecule has 5 heteroatoms. The molecule has 4 aromatic rings. The van der Waals surface area contributed by atoms with E-state index >= 15 is 0 Å². The van der Waals surface area contributed by atoms with Gasteiger partial charge in [-0.1, -0.05) is 31.5 Å². The molecule has 0 aliphatic heterocycles. The van der Waals surface area contributed by atoms with Gasteiger partial charge in [0.05, 0.1) is 20.8 Å². The Morgan fingerprint density at radius 1 is 0.871 bits per heavy atom. The Morgan fingerprint density at radius 2 is 1.65 bits per heavy atom. The molecule has 0 unspecified atom stereocenters. The monoisotopic (exact) mass is 416 g/mol. The summed E-state index contributed by atoms with van der Waals surface area (Å²) in [5.74, 6) is 2.25. The van der Waals surface area contributed by atoms with E-state index in [4.69, 9.17) is 24.2 Å². The number of hydrogen-bond donors (Lipinski definition) is 0. The predicted octanol–water partition coefficient (Wildman–Crippen LogP) is 5.74. The van der Waals surface area contributed by atoms with Crippen LogP contribution in [0, 0.1) is 0 Å². The van der Waals surface area contributed by atoms with Gasteiger partial charge in [0.25, 0.3) is 0 Å². The van der Waals surface area contributed by atoms with Gasteiger partial charge in [-0.25, -0.2) is 4.98 Å². The average Bonchev–Trinajstić information content (AvgIpc) is 2.80. The Hall–Kier alpha value is -3.34. The van der Waals surface area contributed by atoms with Crippen molar-refractivity contribution in [3.8, 4) is 17.2 Å². The van der Waals surface area contributed by atoms with Crippen LogP contribution in [0.3, 0.4) is 0 Å². The first-order valence-corrected chi connectivity index (χ1v) is 10.7. The van der Waals surface area contributed by atoms with E-state index in [0.29, 0.717) is 13.0 Å². The molecule has 0 atom stereocenters. The first kappa shape index (κ1) is 20.9. The third-order valence-corrected chi connectivity index (χ3v) is 5.46. The minimum Gasteiger partial charge on any atom is -0.493 e. The van der Waals surface area contributed by atoms with E-state index < -0.39 is 0 Å². The molecule has 0 spiro atoms. The third-order valence-electron chi connectivity index (χ3n) is 5.46. The highest BCUT2D eigenvalue weighted by Crippen LogP contribution is 2.36. The first-order chi connectivity index (χ1) is 15.2. The number of pyridine rings is 2. The van der Waals surface area contributed by atoms with Crippen LogP contribution in [0.1, 0.15) is 37.2 Å². The second kappa shape index (κ2) is 9.21. The van der Waals surface area contributed by atoms with Gasteiger partial charge in [-0.15, -0.1) is 0 Å². The smallest absolute Gasteiger partial charge is 0.161 e. The Balaban J connectivity index is 1.82. The van der Waals surface area contributed by atoms with Crippen molar-refractivity contribution in [1.82, 2.24) is 9.97 Å². The van der Waals surface area contributed by atoms with E-state index in [0.717, 1.165) is 68.7 Å². The summed E-state index contributed by atoms with van der Waals surface area (Å²) >= 11 is 0. The molecule has 2 aromatic heterocycles. The molecule has 0 aliphatic rings. The van der Waals surface area contributed by atoms with Crippen LogP contribution in [0.4, 0.5) is 0 Å². The summed E-state index contributed by atoms with van der Waals surface area (Å²) in [6.45, 7) is 4.76. The van der Waals surface area contributed by atoms with Gasteiger partial charge in [-0.05, 0) is 48.6 Å². The summed E-state index contributed by atoms with van der Waals surface area (Å²) in [6.07, 6.45) is 4.59. The molecule has 0 bridgehead atoms. The van der Waals surface area contributed by atoms with Crippen molar-refractivity contribution >= 4 is 21.7 Å². The molecule has 2 heterocycles. The molecule has 4 rings (SSSR count). The molecular formula is C26H28N2O3. The highest BCUT2D eigenvalue weighted by Gasteiger charge is 2.14. The van der Waals surface area contributed by atoms with E-state index in [1.165, 1.54) is 0 Å². The predicted molar refractivity (Wildman–Crippen MR) is 125 cm³/mol. The number of para-hydroxylation sites is 1. The third kappa shape index (κ3) is 4.13. The van der Waals surface area contributed by atoms with Crippen molar-refractivity contribution in [3.05, 3.63) is 65.6 Å². The zero-order chi connectivity index (χ0) is 21.8. The highest BCUT2D eigenvalue weighted by atomic mass is 16.5. The van der Waals surface area contributed by atoms with Gasteiger partial charge in [-0.2, -0.15) is 0 Å². The number of benzene rings is 2. The van der Waals surface area contributed by atoms with Gasteiger partial charge in [0.15, 0.2) is 11.5 Å². The van der Waals surface area contributed by atoms with Crippen molar-refractivity contribution < 1.29 is 14.2 Å². The van der Waals surface area contributed by atoms with E-state index in [2.05, 4.69) is 31.2 Å². The zero-order valence-corrected chi connectivity index (χ0v) is 18.6. The molecule has 0 saturated carbocycles. The molecule has 0 radical (unpaired) electrons. The van der Waals surface area contributed by atoms with Crippen molar-refractivity contribution in [3.63, 3.8) is 0 Å². The second-order valence-corrected chi connectivity index (χ2v) is 7.47. The van der Waals surface area contributed by atoms with E-state index in [1.807, 2.05) is 31.3 Å². The van der Waals surface area contributed by atoms with Gasteiger partial charge < -0.3 is 14.2 Å². The number of aromatic nitrogens is 2. The van der Waals surface area contributed by atoms with Crippen molar-refractivity contribution in [2.24, 2.45) is 0 Å². The lowest BCUT2D eigenvalue weighted by Gasteiger charge is -2.15. The van der Waals surface area contributed by atoms with Gasteiger partial charge in [0, 0.05) is 34.8 Å². The van der Waals surface area contributed by atoms with Gasteiger partial charge in [-0.3, -0.25) is 4.98 Å². The Kier molecular flexibility index (Phi) is 6.21. The lowest BCUT2D eigenvalue weighted by molar-refractivity contribution is 0.343. The van der Waals surface area contributed by atoms with E-state index in [1.54, 1.807) is 14.2 Å². The minimum atomic E-state index is 0.611. The summed E-state index contributed by atoms with van der Waals surface area (Å²) in [4.78, 5) is 9.71. The number of hydrogen-bond acceptors (Lipinski definition) is 5. The van der Waals surface area contributed by atoms with Crippen LogP contribution in [-0.2, 0) is 12.8 Å². The Labute approximate surface area is 183 Å². The molecule has 2 aromatic carbocycles. The summed E-state index contributed by atoms with van der Waals surface area (Å²) in [5, 5.41) is 3.30. The molecule has 0 N–H and O–H groups in total. The van der Waals surface area contributed by atoms with Gasteiger partial charge in [0.1, 0.15) is 11.3 Å². The zero-order valence-electron chi connectivity index (χ0n) is 18.6. The highest BCUT2D eigenvalue weighted by molar-refractivity contribution is 5.91. The van der Waals surface area contributed by atoms with Crippen LogP contribution in [0.5, 0.6) is 17.2 Å². The van der Waals surface area contributed by atoms with Crippen LogP contribution < -0.4 is 14.2 Å². The molecule has 160 valence electrons. The minimum absolute atomic E-state index is 0.611. The largest absolute Gasteiger partial charge is 0.493 e. The maximum atomic E-state index is 5.79. The van der Waals surface area contributed by atoms with Crippen LogP contribution in [0.2, 0.25) is 0 Å². The maximum absolute atomic E-state index is 5.79. The standard InChI is InChI=1S/C26H28N2O3/c1-5-8-22-21-15-25(30-4)24(29-3)14-20(21)18(16-27-22)13-19-12-11-17-9-7-10-23(31-6-2)26(17)28-19/h7,9-12,14-16H,5-6,8,13H2,1-4H3. The summed E-state index contributed by atoms with van der Waals surface area (Å²) in [7, 11) is 3.33. The van der Waals surface area contributed by atoms with Crippen LogP contribution >= 0.6 is 0 Å². The fourth-order valence-electron chi connectivity index (χ4n) is 3.98. The first-order valence-electron chi connectivity index (χ1n) is 10.7. The average molecular weight is 417 g/mol. The van der Waals surface area contributed by atoms with Crippen molar-refractivity contribution in [2.45, 2.75) is 33.1 Å². The fraction of sp³-hybridized carbons (Fsp3) is 0.308. The maximum Gasteiger partial charge on any atom is 0.161 e. The summed E-state index contributed by atoms with van der Waals surface area (Å²) in [6, 6.07) is 14.3. The number of rotatable bonds is 8. The van der Waals surface area contributed by atoms with Crippen molar-refractivity contribution in [1.29, 1.82) is 0 Å². The SMILES string of the molecule is CCCc1ncc(Cc2ccc3cccc(OCC)c3n2)c2cc(OC)c(OC)cc12. The normalized spacial score (nSPS) is 11.1. The van der Waals surface area contributed by atoms with Crippen LogP contribution in [-0.4, -0.2) is 30.8 Å². The number of nitrogens with zero attached hydrogens (tertiary/aromatic N) is 2. The van der Waals surface area contributed by atoms with Crippen LogP contribution in [0.25, 0.3) is 21.7 Å². The number of fused-ring (bicyclic) bond motifs is 2. The van der Waals surface area contributed by atoms with Gasteiger partial charge >= 0.3 is 0 Å². The summed E-state index contributed by atoms with van der Waals surface area (Å²) in [5.41, 5.74) is 4.05. The van der Waals surface area contributed by atoms with E-state index in [-0.39, 0.29) is 0 Å². The number of methoxy groups -OCH3 is 2. The summed E-state index contributed by atoms with van der Waals surface area (Å²) < 4.78 is 16.9. The Bertz CT molecular complexity index is 1220. The second-order valence-electron chi connectivity index (χ2n) is 7.47. The molecule has 31 heavy (non-hydrogen) atoms. The molecular weight excluding hydrogens is 388 g/mol. The van der Waals surface area contributed by atoms with Crippen molar-refractivity contribution in [2.75, 3.05) is 20.8 Å². The Morgan fingerprint density at radius 3 is 2.35 bits per heavy atom. The number of aryl methyl sites for hydroxylation is 1. The lowest BCUT2D eigenvalue weighted by Crippen LogP contribution is -2.01. The number of ether oxygens (including phenoxy) is 3. The molecule has 0 aliphatic carbocycles.